The third-order valence-corrected chi connectivity index (χ3v) is 3.08. The number of aliphatic carboxylic acids is 1. The van der Waals surface area contributed by atoms with Gasteiger partial charge in [0.1, 0.15) is 0 Å². The molecule has 3 N–H and O–H groups in total. The van der Waals surface area contributed by atoms with Crippen LogP contribution in [0.2, 0.25) is 0 Å². The number of carbonyl (C=O) groups is 3. The Labute approximate surface area is 106 Å². The van der Waals surface area contributed by atoms with Crippen molar-refractivity contribution in [3.05, 3.63) is 0 Å². The number of carboxylic acid groups (broad SMARTS) is 1. The van der Waals surface area contributed by atoms with Crippen molar-refractivity contribution in [1.82, 2.24) is 10.6 Å². The first-order valence-electron chi connectivity index (χ1n) is 6.15. The maximum atomic E-state index is 11.5. The summed E-state index contributed by atoms with van der Waals surface area (Å²) < 4.78 is 0. The number of imide groups is 1. The molecule has 6 heteroatoms. The highest BCUT2D eigenvalue weighted by molar-refractivity contribution is 5.94. The Morgan fingerprint density at radius 2 is 1.83 bits per heavy atom. The van der Waals surface area contributed by atoms with E-state index in [2.05, 4.69) is 10.6 Å². The van der Waals surface area contributed by atoms with E-state index >= 15 is 0 Å². The van der Waals surface area contributed by atoms with Gasteiger partial charge in [-0.2, -0.15) is 0 Å². The van der Waals surface area contributed by atoms with Crippen LogP contribution in [-0.4, -0.2) is 28.6 Å². The van der Waals surface area contributed by atoms with Crippen LogP contribution in [0, 0.1) is 5.92 Å². The Morgan fingerprint density at radius 3 is 2.33 bits per heavy atom. The van der Waals surface area contributed by atoms with Gasteiger partial charge in [-0.3, -0.25) is 14.9 Å². The average molecular weight is 256 g/mol. The molecular formula is C12H20N2O4. The molecule has 1 rings (SSSR count). The quantitative estimate of drug-likeness (QED) is 0.666. The van der Waals surface area contributed by atoms with E-state index in [4.69, 9.17) is 5.11 Å². The zero-order valence-corrected chi connectivity index (χ0v) is 10.8. The van der Waals surface area contributed by atoms with Crippen LogP contribution in [0.15, 0.2) is 0 Å². The van der Waals surface area contributed by atoms with Crippen LogP contribution < -0.4 is 10.6 Å². The van der Waals surface area contributed by atoms with Gasteiger partial charge in [0.05, 0.1) is 0 Å². The first-order valence-corrected chi connectivity index (χ1v) is 6.15. The lowest BCUT2D eigenvalue weighted by atomic mass is 9.99. The molecule has 0 aliphatic heterocycles. The van der Waals surface area contributed by atoms with Crippen LogP contribution in [-0.2, 0) is 9.59 Å². The lowest BCUT2D eigenvalue weighted by Gasteiger charge is -2.25. The molecule has 18 heavy (non-hydrogen) atoms. The predicted octanol–water partition coefficient (Wildman–Crippen LogP) is 1.26. The average Bonchev–Trinajstić information content (AvgIpc) is 2.97. The summed E-state index contributed by atoms with van der Waals surface area (Å²) >= 11 is 0. The second kappa shape index (κ2) is 5.84. The van der Waals surface area contributed by atoms with Crippen molar-refractivity contribution in [3.63, 3.8) is 0 Å². The van der Waals surface area contributed by atoms with Crippen molar-refractivity contribution < 1.29 is 19.5 Å². The molecule has 1 aliphatic carbocycles. The Bertz CT molecular complexity index is 348. The highest BCUT2D eigenvalue weighted by Crippen LogP contribution is 2.39. The summed E-state index contributed by atoms with van der Waals surface area (Å²) in [6, 6.07) is -0.507. The molecule has 6 nitrogen and oxygen atoms in total. The van der Waals surface area contributed by atoms with Crippen molar-refractivity contribution in [2.24, 2.45) is 5.92 Å². The SMILES string of the molecule is CC(C)(NC(=O)NC(=O)CCCC(=O)O)C1CC1. The van der Waals surface area contributed by atoms with Crippen molar-refractivity contribution in [1.29, 1.82) is 0 Å². The number of hydrogen-bond acceptors (Lipinski definition) is 3. The molecule has 0 saturated heterocycles. The highest BCUT2D eigenvalue weighted by atomic mass is 16.4. The van der Waals surface area contributed by atoms with Gasteiger partial charge in [0.2, 0.25) is 5.91 Å². The van der Waals surface area contributed by atoms with E-state index in [1.165, 1.54) is 0 Å². The van der Waals surface area contributed by atoms with Crippen LogP contribution in [0.25, 0.3) is 0 Å². The van der Waals surface area contributed by atoms with Crippen LogP contribution in [0.5, 0.6) is 0 Å². The van der Waals surface area contributed by atoms with Gasteiger partial charge in [-0.1, -0.05) is 0 Å². The molecule has 0 bridgehead atoms. The zero-order chi connectivity index (χ0) is 13.8. The number of urea groups is 1. The minimum absolute atomic E-state index is 0.0452. The fourth-order valence-electron chi connectivity index (χ4n) is 1.82. The number of carboxylic acids is 1. The number of amides is 3. The minimum atomic E-state index is -0.942. The zero-order valence-electron chi connectivity index (χ0n) is 10.8. The fraction of sp³-hybridized carbons (Fsp3) is 0.750. The summed E-state index contributed by atoms with van der Waals surface area (Å²) in [4.78, 5) is 33.1. The van der Waals surface area contributed by atoms with Gasteiger partial charge in [-0.15, -0.1) is 0 Å². The van der Waals surface area contributed by atoms with Gasteiger partial charge in [-0.25, -0.2) is 4.79 Å². The monoisotopic (exact) mass is 256 g/mol. The summed E-state index contributed by atoms with van der Waals surface area (Å²) in [7, 11) is 0. The van der Waals surface area contributed by atoms with Gasteiger partial charge >= 0.3 is 12.0 Å². The molecule has 1 fully saturated rings. The van der Waals surface area contributed by atoms with Crippen LogP contribution in [0.1, 0.15) is 46.0 Å². The Kier molecular flexibility index (Phi) is 4.69. The molecule has 0 aromatic rings. The summed E-state index contributed by atoms with van der Waals surface area (Å²) in [5.41, 5.74) is -0.300. The van der Waals surface area contributed by atoms with Crippen molar-refractivity contribution >= 4 is 17.9 Å². The Hall–Kier alpha value is -1.59. The minimum Gasteiger partial charge on any atom is -0.481 e. The summed E-state index contributed by atoms with van der Waals surface area (Å²) in [5, 5.41) is 13.4. The molecule has 0 spiro atoms. The van der Waals surface area contributed by atoms with E-state index in [1.54, 1.807) is 0 Å². The van der Waals surface area contributed by atoms with Crippen LogP contribution in [0.3, 0.4) is 0 Å². The van der Waals surface area contributed by atoms with Crippen LogP contribution in [0.4, 0.5) is 4.79 Å². The smallest absolute Gasteiger partial charge is 0.321 e. The molecule has 0 heterocycles. The first kappa shape index (κ1) is 14.5. The molecule has 0 aromatic heterocycles. The lowest BCUT2D eigenvalue weighted by Crippen LogP contribution is -2.51. The van der Waals surface area contributed by atoms with Gasteiger partial charge in [-0.05, 0) is 39.0 Å². The van der Waals surface area contributed by atoms with Crippen LogP contribution >= 0.6 is 0 Å². The van der Waals surface area contributed by atoms with E-state index in [0.717, 1.165) is 12.8 Å². The van der Waals surface area contributed by atoms with Gasteiger partial charge in [0.15, 0.2) is 0 Å². The molecule has 3 amide bonds. The molecule has 102 valence electrons. The topological polar surface area (TPSA) is 95.5 Å². The van der Waals surface area contributed by atoms with E-state index in [9.17, 15) is 14.4 Å². The second-order valence-electron chi connectivity index (χ2n) is 5.25. The second-order valence-corrected chi connectivity index (χ2v) is 5.25. The molecule has 0 atom stereocenters. The summed E-state index contributed by atoms with van der Waals surface area (Å²) in [6.07, 6.45) is 2.41. The normalized spacial score (nSPS) is 15.0. The lowest BCUT2D eigenvalue weighted by molar-refractivity contribution is -0.137. The van der Waals surface area contributed by atoms with Crippen molar-refractivity contribution in [3.8, 4) is 0 Å². The number of rotatable bonds is 6. The number of carbonyl (C=O) groups excluding carboxylic acids is 2. The van der Waals surface area contributed by atoms with Gasteiger partial charge in [0.25, 0.3) is 0 Å². The molecule has 1 saturated carbocycles. The highest BCUT2D eigenvalue weighted by Gasteiger charge is 2.38. The largest absolute Gasteiger partial charge is 0.481 e. The van der Waals surface area contributed by atoms with Gasteiger partial charge < -0.3 is 10.4 Å². The van der Waals surface area contributed by atoms with E-state index in [-0.39, 0.29) is 24.8 Å². The van der Waals surface area contributed by atoms with E-state index in [0.29, 0.717) is 5.92 Å². The molecular weight excluding hydrogens is 236 g/mol. The van der Waals surface area contributed by atoms with Crippen molar-refractivity contribution in [2.45, 2.75) is 51.5 Å². The van der Waals surface area contributed by atoms with E-state index < -0.39 is 17.9 Å². The number of hydrogen-bond donors (Lipinski definition) is 3. The third-order valence-electron chi connectivity index (χ3n) is 3.08. The molecule has 1 aliphatic rings. The third kappa shape index (κ3) is 5.16. The van der Waals surface area contributed by atoms with E-state index in [1.807, 2.05) is 13.8 Å². The first-order chi connectivity index (χ1) is 8.31. The summed E-state index contributed by atoms with van der Waals surface area (Å²) in [6.45, 7) is 3.86. The fourth-order valence-corrected chi connectivity index (χ4v) is 1.82. The summed E-state index contributed by atoms with van der Waals surface area (Å²) in [5.74, 6) is -0.909. The predicted molar refractivity (Wildman–Crippen MR) is 65.0 cm³/mol. The Balaban J connectivity index is 2.22. The molecule has 0 unspecified atom stereocenters. The maximum absolute atomic E-state index is 11.5. The maximum Gasteiger partial charge on any atom is 0.321 e. The van der Waals surface area contributed by atoms with Crippen molar-refractivity contribution in [2.75, 3.05) is 0 Å². The Morgan fingerprint density at radius 1 is 1.22 bits per heavy atom. The van der Waals surface area contributed by atoms with Gasteiger partial charge in [0, 0.05) is 18.4 Å². The number of nitrogens with one attached hydrogen (secondary N) is 2. The standard InChI is InChI=1S/C12H20N2O4/c1-12(2,8-6-7-8)14-11(18)13-9(15)4-3-5-10(16)17/h8H,3-7H2,1-2H3,(H,16,17)(H2,13,14,15,18). The molecule has 0 radical (unpaired) electrons. The molecule has 0 aromatic carbocycles.